The summed E-state index contributed by atoms with van der Waals surface area (Å²) >= 11 is 0. The molecule has 0 aromatic heterocycles. The highest BCUT2D eigenvalue weighted by Crippen LogP contribution is 2.15. The van der Waals surface area contributed by atoms with Gasteiger partial charge in [0.25, 0.3) is 0 Å². The number of carbonyl (C=O) groups excluding carboxylic acids is 1. The minimum atomic E-state index is -0.292. The number of carbonyl (C=O) groups is 1. The quantitative estimate of drug-likeness (QED) is 0.791. The molecule has 0 aliphatic carbocycles. The minimum absolute atomic E-state index is 0.0383. The van der Waals surface area contributed by atoms with Crippen LogP contribution in [0.5, 0.6) is 5.75 Å². The van der Waals surface area contributed by atoms with Crippen molar-refractivity contribution in [1.29, 1.82) is 0 Å². The van der Waals surface area contributed by atoms with E-state index in [0.29, 0.717) is 6.54 Å². The Kier molecular flexibility index (Phi) is 5.61. The van der Waals surface area contributed by atoms with Gasteiger partial charge in [-0.05, 0) is 38.2 Å². The number of nitrogens with one attached hydrogen (secondary N) is 1. The third kappa shape index (κ3) is 4.01. The van der Waals surface area contributed by atoms with E-state index < -0.39 is 0 Å². The fourth-order valence-electron chi connectivity index (χ4n) is 1.47. The number of ether oxygens (including phenoxy) is 1. The van der Waals surface area contributed by atoms with Gasteiger partial charge in [-0.2, -0.15) is 0 Å². The lowest BCUT2D eigenvalue weighted by molar-refractivity contribution is -0.120. The van der Waals surface area contributed by atoms with E-state index in [1.807, 2.05) is 0 Å². The normalized spacial score (nSPS) is 12.3. The Bertz CT molecular complexity index is 378. The maximum atomic E-state index is 11.9. The molecule has 1 amide bonds. The molecule has 100 valence electrons. The molecule has 0 aliphatic heterocycles. The molecule has 0 fully saturated rings. The van der Waals surface area contributed by atoms with Gasteiger partial charge in [0, 0.05) is 12.2 Å². The number of rotatable bonds is 6. The van der Waals surface area contributed by atoms with Gasteiger partial charge in [0.2, 0.25) is 5.91 Å². The van der Waals surface area contributed by atoms with E-state index in [0.717, 1.165) is 11.4 Å². The first-order chi connectivity index (χ1) is 8.58. The summed E-state index contributed by atoms with van der Waals surface area (Å²) < 4.78 is 5.04. The van der Waals surface area contributed by atoms with Crippen LogP contribution < -0.4 is 10.1 Å². The zero-order valence-corrected chi connectivity index (χ0v) is 11.0. The summed E-state index contributed by atoms with van der Waals surface area (Å²) in [5.41, 5.74) is 0.727. The van der Waals surface area contributed by atoms with Crippen molar-refractivity contribution < 1.29 is 14.6 Å². The van der Waals surface area contributed by atoms with Crippen molar-refractivity contribution in [2.45, 2.75) is 13.0 Å². The molecule has 0 bridgehead atoms. The highest BCUT2D eigenvalue weighted by atomic mass is 16.5. The molecule has 1 atom stereocenters. The van der Waals surface area contributed by atoms with Crippen molar-refractivity contribution in [2.24, 2.45) is 0 Å². The second kappa shape index (κ2) is 6.98. The van der Waals surface area contributed by atoms with E-state index in [9.17, 15) is 4.79 Å². The number of hydrogen-bond acceptors (Lipinski definition) is 4. The van der Waals surface area contributed by atoms with E-state index in [4.69, 9.17) is 9.84 Å². The first-order valence-electron chi connectivity index (χ1n) is 5.84. The summed E-state index contributed by atoms with van der Waals surface area (Å²) in [4.78, 5) is 13.7. The average Bonchev–Trinajstić information content (AvgIpc) is 2.39. The van der Waals surface area contributed by atoms with Crippen LogP contribution in [0.2, 0.25) is 0 Å². The predicted molar refractivity (Wildman–Crippen MR) is 70.8 cm³/mol. The van der Waals surface area contributed by atoms with Gasteiger partial charge in [-0.1, -0.05) is 0 Å². The number of benzene rings is 1. The second-order valence-electron chi connectivity index (χ2n) is 4.10. The van der Waals surface area contributed by atoms with Gasteiger partial charge >= 0.3 is 0 Å². The summed E-state index contributed by atoms with van der Waals surface area (Å²) in [5, 5.41) is 11.6. The average molecular weight is 252 g/mol. The number of likely N-dealkylation sites (N-methyl/N-ethyl adjacent to an activating group) is 1. The van der Waals surface area contributed by atoms with Crippen molar-refractivity contribution in [1.82, 2.24) is 4.90 Å². The van der Waals surface area contributed by atoms with Crippen LogP contribution in [0.1, 0.15) is 6.92 Å². The van der Waals surface area contributed by atoms with Crippen LogP contribution in [0.15, 0.2) is 24.3 Å². The van der Waals surface area contributed by atoms with Crippen LogP contribution in [0.3, 0.4) is 0 Å². The van der Waals surface area contributed by atoms with Crippen LogP contribution in [0.4, 0.5) is 5.69 Å². The molecule has 2 N–H and O–H groups in total. The number of aliphatic hydroxyl groups excluding tert-OH is 1. The first kappa shape index (κ1) is 14.5. The second-order valence-corrected chi connectivity index (χ2v) is 4.10. The SMILES string of the molecule is COc1ccc(NC(=O)C(C)N(C)CCO)cc1. The van der Waals surface area contributed by atoms with Crippen molar-refractivity contribution >= 4 is 11.6 Å². The molecular weight excluding hydrogens is 232 g/mol. The summed E-state index contributed by atoms with van der Waals surface area (Å²) in [6.07, 6.45) is 0. The molecule has 5 nitrogen and oxygen atoms in total. The lowest BCUT2D eigenvalue weighted by atomic mass is 10.2. The van der Waals surface area contributed by atoms with Crippen LogP contribution in [0.25, 0.3) is 0 Å². The van der Waals surface area contributed by atoms with Gasteiger partial charge in [-0.25, -0.2) is 0 Å². The van der Waals surface area contributed by atoms with Gasteiger partial charge in [-0.15, -0.1) is 0 Å². The number of anilines is 1. The van der Waals surface area contributed by atoms with Gasteiger partial charge in [0.1, 0.15) is 5.75 Å². The topological polar surface area (TPSA) is 61.8 Å². The molecule has 18 heavy (non-hydrogen) atoms. The van der Waals surface area contributed by atoms with Crippen LogP contribution in [-0.4, -0.2) is 49.3 Å². The van der Waals surface area contributed by atoms with Gasteiger partial charge in [0.05, 0.1) is 19.8 Å². The molecule has 0 heterocycles. The molecule has 1 unspecified atom stereocenters. The van der Waals surface area contributed by atoms with Crippen LogP contribution >= 0.6 is 0 Å². The fourth-order valence-corrected chi connectivity index (χ4v) is 1.47. The zero-order valence-electron chi connectivity index (χ0n) is 11.0. The fraction of sp³-hybridized carbons (Fsp3) is 0.462. The maximum absolute atomic E-state index is 11.9. The Hall–Kier alpha value is -1.59. The van der Waals surface area contributed by atoms with E-state index in [1.54, 1.807) is 50.2 Å². The lowest BCUT2D eigenvalue weighted by Crippen LogP contribution is -2.40. The number of amides is 1. The summed E-state index contributed by atoms with van der Waals surface area (Å²) in [6.45, 7) is 2.31. The number of aliphatic hydroxyl groups is 1. The third-order valence-electron chi connectivity index (χ3n) is 2.85. The van der Waals surface area contributed by atoms with E-state index in [1.165, 1.54) is 0 Å². The smallest absolute Gasteiger partial charge is 0.241 e. The summed E-state index contributed by atoms with van der Waals surface area (Å²) in [5.74, 6) is 0.648. The molecule has 0 spiro atoms. The maximum Gasteiger partial charge on any atom is 0.241 e. The molecule has 1 rings (SSSR count). The van der Waals surface area contributed by atoms with Crippen molar-refractivity contribution in [2.75, 3.05) is 32.6 Å². The molecule has 0 saturated carbocycles. The molecular formula is C13H20N2O3. The molecule has 1 aromatic carbocycles. The number of hydrogen-bond donors (Lipinski definition) is 2. The van der Waals surface area contributed by atoms with Crippen molar-refractivity contribution in [3.05, 3.63) is 24.3 Å². The lowest BCUT2D eigenvalue weighted by Gasteiger charge is -2.22. The van der Waals surface area contributed by atoms with Crippen LogP contribution in [0, 0.1) is 0 Å². The third-order valence-corrected chi connectivity index (χ3v) is 2.85. The highest BCUT2D eigenvalue weighted by molar-refractivity contribution is 5.94. The van der Waals surface area contributed by atoms with E-state index in [-0.39, 0.29) is 18.6 Å². The van der Waals surface area contributed by atoms with E-state index >= 15 is 0 Å². The molecule has 5 heteroatoms. The predicted octanol–water partition coefficient (Wildman–Crippen LogP) is 0.946. The van der Waals surface area contributed by atoms with Gasteiger partial charge < -0.3 is 15.2 Å². The highest BCUT2D eigenvalue weighted by Gasteiger charge is 2.17. The van der Waals surface area contributed by atoms with Crippen LogP contribution in [-0.2, 0) is 4.79 Å². The standard InChI is InChI=1S/C13H20N2O3/c1-10(15(2)8-9-16)13(17)14-11-4-6-12(18-3)7-5-11/h4-7,10,16H,8-9H2,1-3H3,(H,14,17). The molecule has 1 aromatic rings. The Balaban J connectivity index is 2.57. The Morgan fingerprint density at radius 1 is 1.44 bits per heavy atom. The van der Waals surface area contributed by atoms with Crippen molar-refractivity contribution in [3.63, 3.8) is 0 Å². The minimum Gasteiger partial charge on any atom is -0.497 e. The zero-order chi connectivity index (χ0) is 13.5. The summed E-state index contributed by atoms with van der Waals surface area (Å²) in [7, 11) is 3.40. The van der Waals surface area contributed by atoms with E-state index in [2.05, 4.69) is 5.32 Å². The number of nitrogens with zero attached hydrogens (tertiary/aromatic N) is 1. The summed E-state index contributed by atoms with van der Waals surface area (Å²) in [6, 6.07) is 6.86. The monoisotopic (exact) mass is 252 g/mol. The largest absolute Gasteiger partial charge is 0.497 e. The van der Waals surface area contributed by atoms with Gasteiger partial charge in [0.15, 0.2) is 0 Å². The molecule has 0 radical (unpaired) electrons. The van der Waals surface area contributed by atoms with Crippen molar-refractivity contribution in [3.8, 4) is 5.75 Å². The Morgan fingerprint density at radius 2 is 2.06 bits per heavy atom. The van der Waals surface area contributed by atoms with Gasteiger partial charge in [-0.3, -0.25) is 9.69 Å². The Morgan fingerprint density at radius 3 is 2.56 bits per heavy atom. The molecule has 0 saturated heterocycles. The number of methoxy groups -OCH3 is 1. The first-order valence-corrected chi connectivity index (χ1v) is 5.84. The Labute approximate surface area is 107 Å². The molecule has 0 aliphatic rings.